The average Bonchev–Trinajstić information content (AvgIpc) is 3.21. The van der Waals surface area contributed by atoms with Crippen LogP contribution in [0.15, 0.2) is 30.3 Å². The van der Waals surface area contributed by atoms with Gasteiger partial charge in [0, 0.05) is 31.1 Å². The van der Waals surface area contributed by atoms with E-state index in [0.717, 1.165) is 61.1 Å². The number of aromatic nitrogens is 2. The van der Waals surface area contributed by atoms with Gasteiger partial charge in [-0.2, -0.15) is 0 Å². The smallest absolute Gasteiger partial charge is 0.236 e. The molecule has 6 nitrogen and oxygen atoms in total. The van der Waals surface area contributed by atoms with Crippen molar-refractivity contribution in [2.24, 2.45) is 0 Å². The van der Waals surface area contributed by atoms with Crippen molar-refractivity contribution >= 4 is 45.4 Å². The van der Waals surface area contributed by atoms with Gasteiger partial charge in [0.05, 0.1) is 11.9 Å². The number of aryl methyl sites for hydroxylation is 2. The molecule has 1 amide bonds. The van der Waals surface area contributed by atoms with Crippen LogP contribution in [0.5, 0.6) is 0 Å². The van der Waals surface area contributed by atoms with Crippen molar-refractivity contribution in [2.45, 2.75) is 25.7 Å². The van der Waals surface area contributed by atoms with Gasteiger partial charge in [-0.1, -0.05) is 36.4 Å². The molecule has 1 fully saturated rings. The molecule has 0 unspecified atom stereocenters. The second-order valence-corrected chi connectivity index (χ2v) is 10.2. The van der Waals surface area contributed by atoms with Crippen molar-refractivity contribution < 1.29 is 4.79 Å². The Labute approximate surface area is 199 Å². The minimum absolute atomic E-state index is 0.201. The summed E-state index contributed by atoms with van der Waals surface area (Å²) in [5.41, 5.74) is 2.60. The monoisotopic (exact) mass is 461 g/mol. The first kappa shape index (κ1) is 22.0. The molecule has 0 spiro atoms. The number of nitrogens with zero attached hydrogens (tertiary/aromatic N) is 5. The van der Waals surface area contributed by atoms with E-state index in [0.29, 0.717) is 6.54 Å². The second-order valence-electron chi connectivity index (χ2n) is 9.15. The van der Waals surface area contributed by atoms with E-state index in [1.807, 2.05) is 59.5 Å². The van der Waals surface area contributed by atoms with Crippen LogP contribution in [0.2, 0.25) is 0 Å². The lowest BCUT2D eigenvalue weighted by Gasteiger charge is -2.36. The SMILES string of the molecule is CN(C)CC(=O)N1CCN(c2nc(C=Cc3ccccc3)nc3sc4c(c23)CCCC4)CC1. The molecular weight excluding hydrogens is 430 g/mol. The van der Waals surface area contributed by atoms with Crippen molar-refractivity contribution in [1.82, 2.24) is 19.8 Å². The number of carbonyl (C=O) groups excluding carboxylic acids is 1. The highest BCUT2D eigenvalue weighted by molar-refractivity contribution is 7.19. The maximum absolute atomic E-state index is 12.5. The Hall–Kier alpha value is -2.77. The molecule has 0 radical (unpaired) electrons. The van der Waals surface area contributed by atoms with Gasteiger partial charge in [0.25, 0.3) is 0 Å². The summed E-state index contributed by atoms with van der Waals surface area (Å²) in [6.45, 7) is 3.54. The average molecular weight is 462 g/mol. The van der Waals surface area contributed by atoms with Gasteiger partial charge in [0.2, 0.25) is 5.91 Å². The number of hydrogen-bond acceptors (Lipinski definition) is 6. The Morgan fingerprint density at radius 2 is 1.79 bits per heavy atom. The number of fused-ring (bicyclic) bond motifs is 3. The van der Waals surface area contributed by atoms with E-state index in [-0.39, 0.29) is 5.91 Å². The van der Waals surface area contributed by atoms with Crippen LogP contribution in [0, 0.1) is 0 Å². The van der Waals surface area contributed by atoms with E-state index < -0.39 is 0 Å². The third-order valence-electron chi connectivity index (χ3n) is 6.42. The minimum Gasteiger partial charge on any atom is -0.352 e. The standard InChI is InChI=1S/C26H31N5OS/c1-29(2)18-23(32)30-14-16-31(17-15-30)25-24-20-10-6-7-11-21(20)33-26(24)28-22(27-25)13-12-19-8-4-3-5-9-19/h3-5,8-9,12-13H,6-7,10-11,14-18H2,1-2H3. The molecule has 0 bridgehead atoms. The van der Waals surface area contributed by atoms with E-state index in [4.69, 9.17) is 9.97 Å². The van der Waals surface area contributed by atoms with Crippen LogP contribution < -0.4 is 4.90 Å². The van der Waals surface area contributed by atoms with Crippen LogP contribution in [-0.4, -0.2) is 72.5 Å². The van der Waals surface area contributed by atoms with Crippen molar-refractivity contribution in [3.63, 3.8) is 0 Å². The highest BCUT2D eigenvalue weighted by atomic mass is 32.1. The number of anilines is 1. The number of thiophene rings is 1. The first-order valence-electron chi connectivity index (χ1n) is 11.8. The van der Waals surface area contributed by atoms with Crippen LogP contribution in [0.1, 0.15) is 34.7 Å². The maximum Gasteiger partial charge on any atom is 0.236 e. The zero-order valence-corrected chi connectivity index (χ0v) is 20.3. The molecule has 1 saturated heterocycles. The summed E-state index contributed by atoms with van der Waals surface area (Å²) < 4.78 is 0. The Kier molecular flexibility index (Phi) is 6.42. The summed E-state index contributed by atoms with van der Waals surface area (Å²) >= 11 is 1.84. The highest BCUT2D eigenvalue weighted by Crippen LogP contribution is 2.40. The fourth-order valence-corrected chi connectivity index (χ4v) is 5.99. The largest absolute Gasteiger partial charge is 0.352 e. The van der Waals surface area contributed by atoms with Crippen LogP contribution in [0.4, 0.5) is 5.82 Å². The van der Waals surface area contributed by atoms with Crippen molar-refractivity contribution in [3.8, 4) is 0 Å². The Morgan fingerprint density at radius 1 is 1.03 bits per heavy atom. The fourth-order valence-electron chi connectivity index (χ4n) is 4.73. The molecule has 1 aliphatic heterocycles. The van der Waals surface area contributed by atoms with Crippen LogP contribution >= 0.6 is 11.3 Å². The number of piperazine rings is 1. The molecule has 1 aromatic carbocycles. The summed E-state index contributed by atoms with van der Waals surface area (Å²) in [6, 6.07) is 10.3. The topological polar surface area (TPSA) is 52.6 Å². The van der Waals surface area contributed by atoms with E-state index in [1.165, 1.54) is 28.7 Å². The van der Waals surface area contributed by atoms with Gasteiger partial charge < -0.3 is 14.7 Å². The minimum atomic E-state index is 0.201. The summed E-state index contributed by atoms with van der Waals surface area (Å²) in [5.74, 6) is 2.00. The first-order valence-corrected chi connectivity index (χ1v) is 12.6. The number of benzene rings is 1. The number of likely N-dealkylation sites (N-methyl/N-ethyl adjacent to an activating group) is 1. The lowest BCUT2D eigenvalue weighted by Crippen LogP contribution is -2.51. The number of rotatable bonds is 5. The molecule has 33 heavy (non-hydrogen) atoms. The van der Waals surface area contributed by atoms with Gasteiger partial charge in [-0.05, 0) is 57.0 Å². The summed E-state index contributed by atoms with van der Waals surface area (Å²) in [4.78, 5) is 31.4. The van der Waals surface area contributed by atoms with E-state index in [1.54, 1.807) is 0 Å². The van der Waals surface area contributed by atoms with Crippen molar-refractivity contribution in [3.05, 3.63) is 52.2 Å². The normalized spacial score (nSPS) is 16.7. The maximum atomic E-state index is 12.5. The number of carbonyl (C=O) groups is 1. The van der Waals surface area contributed by atoms with Crippen molar-refractivity contribution in [2.75, 3.05) is 51.7 Å². The Balaban J connectivity index is 1.47. The van der Waals surface area contributed by atoms with Crippen LogP contribution in [-0.2, 0) is 17.6 Å². The summed E-state index contributed by atoms with van der Waals surface area (Å²) in [7, 11) is 3.88. The predicted molar refractivity (Wildman–Crippen MR) is 137 cm³/mol. The van der Waals surface area contributed by atoms with Crippen LogP contribution in [0.3, 0.4) is 0 Å². The molecule has 0 N–H and O–H groups in total. The Morgan fingerprint density at radius 3 is 2.55 bits per heavy atom. The molecule has 2 aliphatic rings. The van der Waals surface area contributed by atoms with E-state index >= 15 is 0 Å². The van der Waals surface area contributed by atoms with Gasteiger partial charge in [-0.25, -0.2) is 9.97 Å². The molecule has 3 aromatic rings. The highest BCUT2D eigenvalue weighted by Gasteiger charge is 2.27. The third kappa shape index (κ3) is 4.80. The van der Waals surface area contributed by atoms with Gasteiger partial charge in [0.15, 0.2) is 5.82 Å². The number of hydrogen-bond donors (Lipinski definition) is 0. The molecule has 5 rings (SSSR count). The van der Waals surface area contributed by atoms with Crippen molar-refractivity contribution in [1.29, 1.82) is 0 Å². The van der Waals surface area contributed by atoms with E-state index in [2.05, 4.69) is 23.1 Å². The van der Waals surface area contributed by atoms with Gasteiger partial charge in [-0.3, -0.25) is 4.79 Å². The molecule has 172 valence electrons. The number of amides is 1. The molecule has 0 atom stereocenters. The lowest BCUT2D eigenvalue weighted by atomic mass is 9.97. The Bertz CT molecular complexity index is 1160. The first-order chi connectivity index (χ1) is 16.1. The zero-order chi connectivity index (χ0) is 22.8. The van der Waals surface area contributed by atoms with E-state index in [9.17, 15) is 4.79 Å². The third-order valence-corrected chi connectivity index (χ3v) is 7.61. The van der Waals surface area contributed by atoms with Gasteiger partial charge >= 0.3 is 0 Å². The lowest BCUT2D eigenvalue weighted by molar-refractivity contribution is -0.132. The van der Waals surface area contributed by atoms with Gasteiger partial charge in [-0.15, -0.1) is 11.3 Å². The molecule has 0 saturated carbocycles. The molecule has 7 heteroatoms. The molecule has 2 aromatic heterocycles. The van der Waals surface area contributed by atoms with Crippen LogP contribution in [0.25, 0.3) is 22.4 Å². The molecule has 3 heterocycles. The summed E-state index contributed by atoms with van der Waals surface area (Å²) in [5, 5.41) is 1.25. The quantitative estimate of drug-likeness (QED) is 0.576. The molecular formula is C26H31N5OS. The predicted octanol–water partition coefficient (Wildman–Crippen LogP) is 3.95. The fraction of sp³-hybridized carbons (Fsp3) is 0.423. The second kappa shape index (κ2) is 9.61. The summed E-state index contributed by atoms with van der Waals surface area (Å²) in [6.07, 6.45) is 8.87. The molecule has 1 aliphatic carbocycles. The zero-order valence-electron chi connectivity index (χ0n) is 19.5. The van der Waals surface area contributed by atoms with Gasteiger partial charge in [0.1, 0.15) is 10.6 Å².